The fourth-order valence-corrected chi connectivity index (χ4v) is 9.08. The van der Waals surface area contributed by atoms with Crippen LogP contribution in [0.4, 0.5) is 0 Å². The molecule has 7 nitrogen and oxygen atoms in total. The average molecular weight is 475 g/mol. The summed E-state index contributed by atoms with van der Waals surface area (Å²) in [5.74, 6) is -0.190. The molecule has 1 heterocycles. The third-order valence-electron chi connectivity index (χ3n) is 10.5. The molecule has 0 amide bonds. The molecular weight excluding hydrogens is 436 g/mol. The number of cyclic esters (lactones) is 1. The number of hydrogen-bond acceptors (Lipinski definition) is 7. The summed E-state index contributed by atoms with van der Waals surface area (Å²) >= 11 is 0. The molecule has 34 heavy (non-hydrogen) atoms. The van der Waals surface area contributed by atoms with E-state index in [1.54, 1.807) is 6.08 Å². The Kier molecular flexibility index (Phi) is 5.66. The minimum Gasteiger partial charge on any atom is -0.463 e. The van der Waals surface area contributed by atoms with E-state index in [4.69, 9.17) is 14.2 Å². The molecule has 4 fully saturated rings. The highest BCUT2D eigenvalue weighted by molar-refractivity contribution is 5.85. The van der Waals surface area contributed by atoms with Gasteiger partial charge in [-0.2, -0.15) is 0 Å². The molecule has 0 unspecified atom stereocenters. The van der Waals surface area contributed by atoms with Gasteiger partial charge in [0.2, 0.25) is 0 Å². The molecule has 4 aliphatic carbocycles. The zero-order valence-electron chi connectivity index (χ0n) is 20.8. The number of rotatable bonds is 3. The van der Waals surface area contributed by atoms with Crippen molar-refractivity contribution in [2.45, 2.75) is 96.9 Å². The molecule has 0 aromatic rings. The van der Waals surface area contributed by atoms with Crippen molar-refractivity contribution in [3.8, 4) is 0 Å². The van der Waals surface area contributed by atoms with Gasteiger partial charge in [-0.3, -0.25) is 9.59 Å². The van der Waals surface area contributed by atoms with Crippen molar-refractivity contribution in [2.75, 3.05) is 6.61 Å². The molecule has 188 valence electrons. The second-order valence-corrected chi connectivity index (χ2v) is 12.0. The van der Waals surface area contributed by atoms with Crippen molar-refractivity contribution in [2.24, 2.45) is 34.5 Å². The smallest absolute Gasteiger partial charge is 0.331 e. The van der Waals surface area contributed by atoms with Gasteiger partial charge in [-0.05, 0) is 73.7 Å². The highest BCUT2D eigenvalue weighted by Crippen LogP contribution is 2.70. The fraction of sp³-hybridized carbons (Fsp3) is 0.815. The largest absolute Gasteiger partial charge is 0.463 e. The molecule has 7 heteroatoms. The monoisotopic (exact) mass is 474 g/mol. The van der Waals surface area contributed by atoms with E-state index in [1.165, 1.54) is 13.8 Å². The van der Waals surface area contributed by atoms with Gasteiger partial charge in [-0.25, -0.2) is 4.79 Å². The predicted octanol–water partition coefficient (Wildman–Crippen LogP) is 3.72. The topological polar surface area (TPSA) is 99.1 Å². The van der Waals surface area contributed by atoms with Crippen LogP contribution in [0.5, 0.6) is 0 Å². The Morgan fingerprint density at radius 1 is 1.03 bits per heavy atom. The van der Waals surface area contributed by atoms with Gasteiger partial charge in [0.1, 0.15) is 18.8 Å². The Morgan fingerprint density at radius 2 is 1.76 bits per heavy atom. The molecule has 0 bridgehead atoms. The lowest BCUT2D eigenvalue weighted by molar-refractivity contribution is -0.210. The van der Waals surface area contributed by atoms with Gasteiger partial charge in [0.25, 0.3) is 0 Å². The lowest BCUT2D eigenvalue weighted by Crippen LogP contribution is -2.62. The first kappa shape index (κ1) is 23.8. The van der Waals surface area contributed by atoms with Crippen LogP contribution in [0.2, 0.25) is 0 Å². The lowest BCUT2D eigenvalue weighted by atomic mass is 9.43. The third-order valence-corrected chi connectivity index (χ3v) is 10.5. The van der Waals surface area contributed by atoms with Crippen molar-refractivity contribution in [1.82, 2.24) is 0 Å². The van der Waals surface area contributed by atoms with Crippen LogP contribution < -0.4 is 0 Å². The highest BCUT2D eigenvalue weighted by Gasteiger charge is 2.71. The van der Waals surface area contributed by atoms with E-state index in [0.29, 0.717) is 18.3 Å². The Bertz CT molecular complexity index is 926. The van der Waals surface area contributed by atoms with Gasteiger partial charge in [0, 0.05) is 37.7 Å². The van der Waals surface area contributed by atoms with Crippen molar-refractivity contribution in [3.63, 3.8) is 0 Å². The van der Waals surface area contributed by atoms with E-state index in [9.17, 15) is 19.5 Å². The summed E-state index contributed by atoms with van der Waals surface area (Å²) in [6, 6.07) is 0. The molecule has 0 aromatic carbocycles. The molecule has 0 saturated heterocycles. The summed E-state index contributed by atoms with van der Waals surface area (Å²) in [6.45, 7) is 7.61. The molecule has 9 atom stereocenters. The van der Waals surface area contributed by atoms with E-state index in [2.05, 4.69) is 13.8 Å². The predicted molar refractivity (Wildman–Crippen MR) is 122 cm³/mol. The van der Waals surface area contributed by atoms with Crippen LogP contribution in [0.3, 0.4) is 0 Å². The van der Waals surface area contributed by atoms with Crippen molar-refractivity contribution in [1.29, 1.82) is 0 Å². The average Bonchev–Trinajstić information content (AvgIpc) is 3.25. The number of carbonyl (C=O) groups is 3. The summed E-state index contributed by atoms with van der Waals surface area (Å²) in [7, 11) is 0. The second-order valence-electron chi connectivity index (χ2n) is 12.0. The van der Waals surface area contributed by atoms with Gasteiger partial charge in [0.15, 0.2) is 0 Å². The Labute approximate surface area is 201 Å². The first-order chi connectivity index (χ1) is 16.0. The number of hydrogen-bond donors (Lipinski definition) is 1. The van der Waals surface area contributed by atoms with Crippen molar-refractivity contribution < 1.29 is 33.7 Å². The molecule has 1 aliphatic heterocycles. The van der Waals surface area contributed by atoms with Crippen LogP contribution in [0, 0.1) is 34.5 Å². The van der Waals surface area contributed by atoms with E-state index in [-0.39, 0.29) is 47.9 Å². The quantitative estimate of drug-likeness (QED) is 0.492. The SMILES string of the molecule is CC(=O)O[C@H]1CC[C@@]2(C)[C@H](CC[C@@H]3[C@@H]2CC[C@]2(C)[C@H](C4=CC(=O)OC4)[C@H](OC(C)=O)C[C@]32O)C1. The molecule has 5 rings (SSSR count). The Balaban J connectivity index is 1.46. The summed E-state index contributed by atoms with van der Waals surface area (Å²) in [5.41, 5.74) is -0.535. The molecule has 0 radical (unpaired) electrons. The van der Waals surface area contributed by atoms with Crippen LogP contribution in [0.15, 0.2) is 11.6 Å². The molecule has 4 saturated carbocycles. The van der Waals surface area contributed by atoms with Gasteiger partial charge in [0.05, 0.1) is 5.60 Å². The summed E-state index contributed by atoms with van der Waals surface area (Å²) in [5, 5.41) is 12.5. The molecule has 5 aliphatic rings. The lowest BCUT2D eigenvalue weighted by Gasteiger charge is -2.63. The molecule has 0 aromatic heterocycles. The van der Waals surface area contributed by atoms with E-state index in [1.807, 2.05) is 0 Å². The highest BCUT2D eigenvalue weighted by atomic mass is 16.6. The zero-order chi connectivity index (χ0) is 24.5. The maximum absolute atomic E-state index is 12.5. The minimum atomic E-state index is -0.978. The number of fused-ring (bicyclic) bond motifs is 5. The van der Waals surface area contributed by atoms with Crippen LogP contribution in [0.25, 0.3) is 0 Å². The van der Waals surface area contributed by atoms with Crippen LogP contribution in [-0.2, 0) is 28.6 Å². The Hall–Kier alpha value is -1.89. The summed E-state index contributed by atoms with van der Waals surface area (Å²) < 4.78 is 16.6. The van der Waals surface area contributed by atoms with E-state index >= 15 is 0 Å². The van der Waals surface area contributed by atoms with Gasteiger partial charge >= 0.3 is 17.9 Å². The maximum atomic E-state index is 12.5. The van der Waals surface area contributed by atoms with Crippen LogP contribution in [-0.4, -0.2) is 47.4 Å². The van der Waals surface area contributed by atoms with Gasteiger partial charge in [-0.1, -0.05) is 13.8 Å². The van der Waals surface area contributed by atoms with Crippen molar-refractivity contribution in [3.05, 3.63) is 11.6 Å². The summed E-state index contributed by atoms with van der Waals surface area (Å²) in [4.78, 5) is 35.4. The van der Waals surface area contributed by atoms with Gasteiger partial charge < -0.3 is 19.3 Å². The minimum absolute atomic E-state index is 0.000108. The maximum Gasteiger partial charge on any atom is 0.331 e. The normalized spacial score (nSPS) is 47.6. The van der Waals surface area contributed by atoms with E-state index < -0.39 is 17.1 Å². The molecular formula is C27H38O7. The van der Waals surface area contributed by atoms with Crippen LogP contribution in [0.1, 0.15) is 79.1 Å². The first-order valence-corrected chi connectivity index (χ1v) is 12.9. The second kappa shape index (κ2) is 8.07. The van der Waals surface area contributed by atoms with Crippen LogP contribution >= 0.6 is 0 Å². The van der Waals surface area contributed by atoms with E-state index in [0.717, 1.165) is 50.5 Å². The first-order valence-electron chi connectivity index (χ1n) is 12.9. The fourth-order valence-electron chi connectivity index (χ4n) is 9.08. The summed E-state index contributed by atoms with van der Waals surface area (Å²) in [6.07, 6.45) is 7.98. The van der Waals surface area contributed by atoms with Crippen molar-refractivity contribution >= 4 is 17.9 Å². The molecule has 1 N–H and O–H groups in total. The number of esters is 3. The number of carbonyl (C=O) groups excluding carboxylic acids is 3. The standard InChI is InChI=1S/C27H38O7/c1-15(28)33-19-7-9-25(3)18(12-19)5-6-21-20(25)8-10-26(4)24(17-11-23(30)32-14-17)22(34-16(2)29)13-27(21,26)31/h11,18-22,24,31H,5-10,12-14H2,1-4H3/t18-,19+,20+,21-,22-,24-,25+,26-,27+/m1/s1. The number of ether oxygens (including phenoxy) is 3. The number of aliphatic hydroxyl groups is 1. The van der Waals surface area contributed by atoms with Gasteiger partial charge in [-0.15, -0.1) is 0 Å². The molecule has 0 spiro atoms. The zero-order valence-corrected chi connectivity index (χ0v) is 20.8. The third kappa shape index (κ3) is 3.44. The Morgan fingerprint density at radius 3 is 2.41 bits per heavy atom.